The number of nitrogens with one attached hydrogen (secondary N) is 2. The van der Waals surface area contributed by atoms with Gasteiger partial charge in [0, 0.05) is 12.1 Å². The SMILES string of the molecule is C[C@H]1NCCC[C@H]1NS(=O)(=O)c1ccc(F)c(F)c1. The summed E-state index contributed by atoms with van der Waals surface area (Å²) in [5.41, 5.74) is 0. The van der Waals surface area contributed by atoms with E-state index in [1.165, 1.54) is 0 Å². The zero-order valence-electron chi connectivity index (χ0n) is 10.5. The molecule has 106 valence electrons. The Bertz CT molecular complexity index is 563. The molecule has 1 saturated heterocycles. The molecule has 0 radical (unpaired) electrons. The predicted octanol–water partition coefficient (Wildman–Crippen LogP) is 1.38. The van der Waals surface area contributed by atoms with Gasteiger partial charge in [-0.3, -0.25) is 0 Å². The van der Waals surface area contributed by atoms with Crippen LogP contribution in [-0.4, -0.2) is 27.0 Å². The van der Waals surface area contributed by atoms with Gasteiger partial charge in [0.1, 0.15) is 0 Å². The number of rotatable bonds is 3. The molecular formula is C12H16F2N2O2S. The number of piperidine rings is 1. The highest BCUT2D eigenvalue weighted by Gasteiger charge is 2.26. The zero-order valence-corrected chi connectivity index (χ0v) is 11.3. The molecule has 0 aliphatic carbocycles. The van der Waals surface area contributed by atoms with Crippen molar-refractivity contribution in [1.29, 1.82) is 0 Å². The van der Waals surface area contributed by atoms with E-state index in [-0.39, 0.29) is 17.0 Å². The molecule has 2 atom stereocenters. The van der Waals surface area contributed by atoms with Crippen molar-refractivity contribution in [1.82, 2.24) is 10.0 Å². The Hall–Kier alpha value is -1.05. The molecule has 0 aromatic heterocycles. The molecule has 1 heterocycles. The molecule has 0 saturated carbocycles. The molecule has 2 rings (SSSR count). The Kier molecular flexibility index (Phi) is 4.17. The summed E-state index contributed by atoms with van der Waals surface area (Å²) in [5.74, 6) is -2.23. The molecule has 0 unspecified atom stereocenters. The predicted molar refractivity (Wildman–Crippen MR) is 67.2 cm³/mol. The normalized spacial score (nSPS) is 24.4. The number of hydrogen-bond donors (Lipinski definition) is 2. The Labute approximate surface area is 111 Å². The highest BCUT2D eigenvalue weighted by Crippen LogP contribution is 2.16. The van der Waals surface area contributed by atoms with Crippen LogP contribution in [0.2, 0.25) is 0 Å². The van der Waals surface area contributed by atoms with Crippen LogP contribution in [0.3, 0.4) is 0 Å². The Morgan fingerprint density at radius 2 is 2.05 bits per heavy atom. The second-order valence-electron chi connectivity index (χ2n) is 4.69. The lowest BCUT2D eigenvalue weighted by Crippen LogP contribution is -2.51. The van der Waals surface area contributed by atoms with E-state index in [2.05, 4.69) is 10.0 Å². The minimum atomic E-state index is -3.83. The van der Waals surface area contributed by atoms with Gasteiger partial charge in [-0.05, 0) is 44.5 Å². The standard InChI is InChI=1S/C12H16F2N2O2S/c1-8-12(3-2-6-15-8)16-19(17,18)9-4-5-10(13)11(14)7-9/h4-5,7-8,12,15-16H,2-3,6H2,1H3/t8-,12-/m1/s1. The second kappa shape index (κ2) is 5.52. The molecular weight excluding hydrogens is 274 g/mol. The average Bonchev–Trinajstić information content (AvgIpc) is 2.35. The Balaban J connectivity index is 2.19. The maximum atomic E-state index is 13.1. The molecule has 4 nitrogen and oxygen atoms in total. The van der Waals surface area contributed by atoms with Crippen molar-refractivity contribution in [3.8, 4) is 0 Å². The van der Waals surface area contributed by atoms with Gasteiger partial charge >= 0.3 is 0 Å². The molecule has 0 amide bonds. The van der Waals surface area contributed by atoms with E-state index in [0.717, 1.165) is 31.5 Å². The fourth-order valence-corrected chi connectivity index (χ4v) is 3.48. The van der Waals surface area contributed by atoms with Crippen LogP contribution in [0.15, 0.2) is 23.1 Å². The Morgan fingerprint density at radius 1 is 1.32 bits per heavy atom. The quantitative estimate of drug-likeness (QED) is 0.884. The maximum absolute atomic E-state index is 13.1. The largest absolute Gasteiger partial charge is 0.313 e. The smallest absolute Gasteiger partial charge is 0.240 e. The minimum Gasteiger partial charge on any atom is -0.313 e. The van der Waals surface area contributed by atoms with Gasteiger partial charge in [0.15, 0.2) is 11.6 Å². The third kappa shape index (κ3) is 3.29. The van der Waals surface area contributed by atoms with Gasteiger partial charge in [0.05, 0.1) is 4.90 Å². The van der Waals surface area contributed by atoms with Crippen molar-refractivity contribution < 1.29 is 17.2 Å². The van der Waals surface area contributed by atoms with Crippen LogP contribution in [-0.2, 0) is 10.0 Å². The van der Waals surface area contributed by atoms with Crippen molar-refractivity contribution in [2.75, 3.05) is 6.54 Å². The van der Waals surface area contributed by atoms with Gasteiger partial charge in [0.25, 0.3) is 0 Å². The second-order valence-corrected chi connectivity index (χ2v) is 6.40. The van der Waals surface area contributed by atoms with Gasteiger partial charge in [-0.1, -0.05) is 0 Å². The molecule has 2 N–H and O–H groups in total. The van der Waals surface area contributed by atoms with Gasteiger partial charge in [-0.15, -0.1) is 0 Å². The van der Waals surface area contributed by atoms with Crippen LogP contribution in [0.5, 0.6) is 0 Å². The first-order valence-electron chi connectivity index (χ1n) is 6.11. The van der Waals surface area contributed by atoms with Crippen LogP contribution >= 0.6 is 0 Å². The number of hydrogen-bond acceptors (Lipinski definition) is 3. The monoisotopic (exact) mass is 290 g/mol. The van der Waals surface area contributed by atoms with Crippen molar-refractivity contribution in [3.63, 3.8) is 0 Å². The van der Waals surface area contributed by atoms with E-state index in [1.807, 2.05) is 6.92 Å². The van der Waals surface area contributed by atoms with Crippen molar-refractivity contribution in [2.24, 2.45) is 0 Å². The molecule has 1 fully saturated rings. The topological polar surface area (TPSA) is 58.2 Å². The lowest BCUT2D eigenvalue weighted by Gasteiger charge is -2.30. The summed E-state index contributed by atoms with van der Waals surface area (Å²) in [6.45, 7) is 2.74. The highest BCUT2D eigenvalue weighted by atomic mass is 32.2. The fraction of sp³-hybridized carbons (Fsp3) is 0.500. The van der Waals surface area contributed by atoms with E-state index in [4.69, 9.17) is 0 Å². The van der Waals surface area contributed by atoms with Gasteiger partial charge in [-0.25, -0.2) is 21.9 Å². The molecule has 7 heteroatoms. The van der Waals surface area contributed by atoms with E-state index < -0.39 is 21.7 Å². The maximum Gasteiger partial charge on any atom is 0.240 e. The van der Waals surface area contributed by atoms with Crippen molar-refractivity contribution in [2.45, 2.75) is 36.7 Å². The summed E-state index contributed by atoms with van der Waals surface area (Å²) in [5, 5.41) is 3.17. The molecule has 1 aromatic rings. The van der Waals surface area contributed by atoms with Crippen molar-refractivity contribution >= 4 is 10.0 Å². The first kappa shape index (κ1) is 14.4. The number of halogens is 2. The summed E-state index contributed by atoms with van der Waals surface area (Å²) < 4.78 is 52.6. The van der Waals surface area contributed by atoms with E-state index in [9.17, 15) is 17.2 Å². The molecule has 1 aromatic carbocycles. The van der Waals surface area contributed by atoms with Gasteiger partial charge in [-0.2, -0.15) is 0 Å². The Morgan fingerprint density at radius 3 is 2.68 bits per heavy atom. The zero-order chi connectivity index (χ0) is 14.0. The minimum absolute atomic E-state index is 0.00817. The average molecular weight is 290 g/mol. The van der Waals surface area contributed by atoms with E-state index in [1.54, 1.807) is 0 Å². The van der Waals surface area contributed by atoms with Crippen LogP contribution < -0.4 is 10.0 Å². The lowest BCUT2D eigenvalue weighted by molar-refractivity contribution is 0.348. The summed E-state index contributed by atoms with van der Waals surface area (Å²) in [4.78, 5) is -0.260. The first-order chi connectivity index (χ1) is 8.90. The summed E-state index contributed by atoms with van der Waals surface area (Å²) in [7, 11) is -3.83. The van der Waals surface area contributed by atoms with Gasteiger partial charge < -0.3 is 5.32 Å². The van der Waals surface area contributed by atoms with Crippen molar-refractivity contribution in [3.05, 3.63) is 29.8 Å². The fourth-order valence-electron chi connectivity index (χ4n) is 2.12. The molecule has 0 spiro atoms. The van der Waals surface area contributed by atoms with Gasteiger partial charge in [0.2, 0.25) is 10.0 Å². The van der Waals surface area contributed by atoms with Crippen LogP contribution in [0, 0.1) is 11.6 Å². The lowest BCUT2D eigenvalue weighted by atomic mass is 10.0. The van der Waals surface area contributed by atoms with Crippen LogP contribution in [0.4, 0.5) is 8.78 Å². The summed E-state index contributed by atoms with van der Waals surface area (Å²) in [6.07, 6.45) is 1.59. The highest BCUT2D eigenvalue weighted by molar-refractivity contribution is 7.89. The van der Waals surface area contributed by atoms with E-state index >= 15 is 0 Å². The first-order valence-corrected chi connectivity index (χ1v) is 7.59. The molecule has 1 aliphatic heterocycles. The molecule has 19 heavy (non-hydrogen) atoms. The third-order valence-corrected chi connectivity index (χ3v) is 4.76. The molecule has 0 bridgehead atoms. The summed E-state index contributed by atoms with van der Waals surface area (Å²) in [6, 6.07) is 2.33. The number of benzene rings is 1. The molecule has 1 aliphatic rings. The van der Waals surface area contributed by atoms with Crippen LogP contribution in [0.1, 0.15) is 19.8 Å². The number of sulfonamides is 1. The van der Waals surface area contributed by atoms with Crippen LogP contribution in [0.25, 0.3) is 0 Å². The summed E-state index contributed by atoms with van der Waals surface area (Å²) >= 11 is 0. The van der Waals surface area contributed by atoms with E-state index in [0.29, 0.717) is 6.07 Å². The third-order valence-electron chi connectivity index (χ3n) is 3.27.